The zero-order chi connectivity index (χ0) is 13.8. The normalized spacial score (nSPS) is 13.4. The second kappa shape index (κ2) is 6.16. The maximum atomic E-state index is 14.0. The number of methoxy groups -OCH3 is 1. The number of ether oxygens (including phenoxy) is 2. The van der Waals surface area contributed by atoms with Crippen molar-refractivity contribution in [3.05, 3.63) is 29.6 Å². The Morgan fingerprint density at radius 1 is 1.39 bits per heavy atom. The molecule has 1 aromatic rings. The number of hydrogen-bond donors (Lipinski definition) is 1. The van der Waals surface area contributed by atoms with E-state index in [0.29, 0.717) is 18.6 Å². The Hall–Kier alpha value is -1.13. The molecule has 3 nitrogen and oxygen atoms in total. The van der Waals surface area contributed by atoms with E-state index in [1.165, 1.54) is 7.11 Å². The van der Waals surface area contributed by atoms with Crippen LogP contribution < -0.4 is 10.5 Å². The Morgan fingerprint density at radius 2 is 2.06 bits per heavy atom. The molecule has 0 heterocycles. The molecule has 0 bridgehead atoms. The predicted octanol–water partition coefficient (Wildman–Crippen LogP) is 2.52. The van der Waals surface area contributed by atoms with Gasteiger partial charge in [-0.2, -0.15) is 0 Å². The van der Waals surface area contributed by atoms with Crippen LogP contribution in [0.25, 0.3) is 0 Å². The first-order chi connectivity index (χ1) is 8.42. The third-order valence-corrected chi connectivity index (χ3v) is 3.11. The van der Waals surface area contributed by atoms with Crippen molar-refractivity contribution in [1.29, 1.82) is 0 Å². The first kappa shape index (κ1) is 14.9. The lowest BCUT2D eigenvalue weighted by Crippen LogP contribution is -2.46. The standard InChI is InChI=1S/C14H22FNO2/c1-5-18-14(2,3)12(16)9-10-7-6-8-11(17-4)13(10)15/h6-8,12H,5,9,16H2,1-4H3. The highest BCUT2D eigenvalue weighted by molar-refractivity contribution is 5.31. The fourth-order valence-corrected chi connectivity index (χ4v) is 1.83. The number of benzene rings is 1. The average Bonchev–Trinajstić information content (AvgIpc) is 2.31. The molecule has 0 amide bonds. The number of halogens is 1. The fourth-order valence-electron chi connectivity index (χ4n) is 1.83. The van der Waals surface area contributed by atoms with Crippen LogP contribution in [0.15, 0.2) is 18.2 Å². The van der Waals surface area contributed by atoms with Crippen LogP contribution in [0.4, 0.5) is 4.39 Å². The maximum Gasteiger partial charge on any atom is 0.168 e. The monoisotopic (exact) mass is 255 g/mol. The highest BCUT2D eigenvalue weighted by atomic mass is 19.1. The fraction of sp³-hybridized carbons (Fsp3) is 0.571. The van der Waals surface area contributed by atoms with Gasteiger partial charge in [-0.3, -0.25) is 0 Å². The molecule has 0 spiro atoms. The molecule has 0 aliphatic rings. The summed E-state index contributed by atoms with van der Waals surface area (Å²) in [6, 6.07) is 4.80. The van der Waals surface area contributed by atoms with Gasteiger partial charge in [-0.15, -0.1) is 0 Å². The van der Waals surface area contributed by atoms with Gasteiger partial charge >= 0.3 is 0 Å². The summed E-state index contributed by atoms with van der Waals surface area (Å²) in [5, 5.41) is 0. The van der Waals surface area contributed by atoms with Gasteiger partial charge in [-0.1, -0.05) is 12.1 Å². The van der Waals surface area contributed by atoms with Gasteiger partial charge in [0, 0.05) is 12.6 Å². The molecule has 18 heavy (non-hydrogen) atoms. The van der Waals surface area contributed by atoms with Crippen molar-refractivity contribution < 1.29 is 13.9 Å². The number of nitrogens with two attached hydrogens (primary N) is 1. The first-order valence-electron chi connectivity index (χ1n) is 6.13. The summed E-state index contributed by atoms with van der Waals surface area (Å²) in [5.41, 5.74) is 6.17. The van der Waals surface area contributed by atoms with Crippen LogP contribution in [0.5, 0.6) is 5.75 Å². The zero-order valence-corrected chi connectivity index (χ0v) is 11.5. The Morgan fingerprint density at radius 3 is 2.61 bits per heavy atom. The largest absolute Gasteiger partial charge is 0.494 e. The van der Waals surface area contributed by atoms with Crippen LogP contribution in [-0.4, -0.2) is 25.4 Å². The molecule has 1 rings (SSSR count). The van der Waals surface area contributed by atoms with E-state index in [1.54, 1.807) is 18.2 Å². The molecular formula is C14H22FNO2. The molecule has 4 heteroatoms. The highest BCUT2D eigenvalue weighted by Gasteiger charge is 2.28. The van der Waals surface area contributed by atoms with Crippen LogP contribution in [-0.2, 0) is 11.2 Å². The van der Waals surface area contributed by atoms with E-state index in [0.717, 1.165) is 0 Å². The zero-order valence-electron chi connectivity index (χ0n) is 11.5. The summed E-state index contributed by atoms with van der Waals surface area (Å²) in [5.74, 6) is -0.100. The molecule has 0 radical (unpaired) electrons. The minimum absolute atomic E-state index is 0.244. The van der Waals surface area contributed by atoms with Crippen molar-refractivity contribution in [2.24, 2.45) is 5.73 Å². The molecule has 1 atom stereocenters. The second-order valence-electron chi connectivity index (χ2n) is 4.78. The number of hydrogen-bond acceptors (Lipinski definition) is 3. The van der Waals surface area contributed by atoms with E-state index in [-0.39, 0.29) is 17.6 Å². The molecule has 2 N–H and O–H groups in total. The predicted molar refractivity (Wildman–Crippen MR) is 70.3 cm³/mol. The van der Waals surface area contributed by atoms with Crippen LogP contribution in [0.1, 0.15) is 26.3 Å². The Kier molecular flexibility index (Phi) is 5.11. The van der Waals surface area contributed by atoms with Crippen molar-refractivity contribution in [1.82, 2.24) is 0 Å². The van der Waals surface area contributed by atoms with Crippen molar-refractivity contribution in [3.8, 4) is 5.75 Å². The van der Waals surface area contributed by atoms with Crippen molar-refractivity contribution in [3.63, 3.8) is 0 Å². The SMILES string of the molecule is CCOC(C)(C)C(N)Cc1cccc(OC)c1F. The van der Waals surface area contributed by atoms with Gasteiger partial charge in [0.15, 0.2) is 11.6 Å². The molecule has 1 aromatic carbocycles. The Bertz CT molecular complexity index is 393. The molecule has 102 valence electrons. The quantitative estimate of drug-likeness (QED) is 0.849. The summed E-state index contributed by atoms with van der Waals surface area (Å²) in [6.45, 7) is 6.33. The smallest absolute Gasteiger partial charge is 0.168 e. The van der Waals surface area contributed by atoms with Gasteiger partial charge in [0.05, 0.1) is 12.7 Å². The van der Waals surface area contributed by atoms with E-state index < -0.39 is 5.60 Å². The molecular weight excluding hydrogens is 233 g/mol. The van der Waals surface area contributed by atoms with Crippen molar-refractivity contribution >= 4 is 0 Å². The summed E-state index contributed by atoms with van der Waals surface area (Å²) in [6.07, 6.45) is 0.413. The van der Waals surface area contributed by atoms with E-state index >= 15 is 0 Å². The second-order valence-corrected chi connectivity index (χ2v) is 4.78. The van der Waals surface area contributed by atoms with Gasteiger partial charge in [0.1, 0.15) is 0 Å². The minimum Gasteiger partial charge on any atom is -0.494 e. The number of rotatable bonds is 6. The maximum absolute atomic E-state index is 14.0. The van der Waals surface area contributed by atoms with E-state index in [2.05, 4.69) is 0 Å². The average molecular weight is 255 g/mol. The van der Waals surface area contributed by atoms with E-state index in [4.69, 9.17) is 15.2 Å². The van der Waals surface area contributed by atoms with Gasteiger partial charge < -0.3 is 15.2 Å². The summed E-state index contributed by atoms with van der Waals surface area (Å²) >= 11 is 0. The first-order valence-corrected chi connectivity index (χ1v) is 6.13. The molecule has 0 aliphatic heterocycles. The summed E-state index contributed by atoms with van der Waals surface area (Å²) in [7, 11) is 1.45. The topological polar surface area (TPSA) is 44.5 Å². The van der Waals surface area contributed by atoms with Crippen LogP contribution in [0.3, 0.4) is 0 Å². The van der Waals surface area contributed by atoms with Crippen LogP contribution in [0.2, 0.25) is 0 Å². The van der Waals surface area contributed by atoms with E-state index in [9.17, 15) is 4.39 Å². The van der Waals surface area contributed by atoms with Gasteiger partial charge in [-0.05, 0) is 38.8 Å². The highest BCUT2D eigenvalue weighted by Crippen LogP contribution is 2.23. The van der Waals surface area contributed by atoms with Gasteiger partial charge in [0.25, 0.3) is 0 Å². The minimum atomic E-state index is -0.482. The molecule has 1 unspecified atom stereocenters. The van der Waals surface area contributed by atoms with Gasteiger partial charge in [0.2, 0.25) is 0 Å². The lowest BCUT2D eigenvalue weighted by molar-refractivity contribution is -0.0289. The molecule has 0 fully saturated rings. The molecule has 0 saturated carbocycles. The third-order valence-electron chi connectivity index (χ3n) is 3.11. The van der Waals surface area contributed by atoms with Crippen molar-refractivity contribution in [2.75, 3.05) is 13.7 Å². The molecule has 0 aromatic heterocycles. The summed E-state index contributed by atoms with van der Waals surface area (Å²) < 4.78 is 24.5. The molecule has 0 saturated heterocycles. The Balaban J connectivity index is 2.85. The van der Waals surface area contributed by atoms with Crippen LogP contribution in [0, 0.1) is 5.82 Å². The third kappa shape index (κ3) is 3.43. The lowest BCUT2D eigenvalue weighted by atomic mass is 9.92. The van der Waals surface area contributed by atoms with Gasteiger partial charge in [-0.25, -0.2) is 4.39 Å². The van der Waals surface area contributed by atoms with Crippen molar-refractivity contribution in [2.45, 2.75) is 38.8 Å². The van der Waals surface area contributed by atoms with E-state index in [1.807, 2.05) is 20.8 Å². The molecule has 0 aliphatic carbocycles. The lowest BCUT2D eigenvalue weighted by Gasteiger charge is -2.31. The van der Waals surface area contributed by atoms with Crippen LogP contribution >= 0.6 is 0 Å². The summed E-state index contributed by atoms with van der Waals surface area (Å²) in [4.78, 5) is 0. The Labute approximate surface area is 108 Å².